The Morgan fingerprint density at radius 1 is 0.933 bits per heavy atom. The average molecular weight is 396 g/mol. The molecule has 0 aliphatic carbocycles. The summed E-state index contributed by atoms with van der Waals surface area (Å²) >= 11 is 0. The lowest BCUT2D eigenvalue weighted by Gasteiger charge is -2.18. The molecule has 4 nitrogen and oxygen atoms in total. The Bertz CT molecular complexity index is 1210. The summed E-state index contributed by atoms with van der Waals surface area (Å²) < 4.78 is 0. The van der Waals surface area contributed by atoms with Crippen molar-refractivity contribution in [1.29, 1.82) is 0 Å². The predicted molar refractivity (Wildman–Crippen MR) is 122 cm³/mol. The smallest absolute Gasteiger partial charge is 0.251 e. The van der Waals surface area contributed by atoms with Crippen LogP contribution in [-0.4, -0.2) is 10.9 Å². The highest BCUT2D eigenvalue weighted by atomic mass is 16.2. The van der Waals surface area contributed by atoms with E-state index in [1.54, 1.807) is 0 Å². The lowest BCUT2D eigenvalue weighted by molar-refractivity contribution is -0.116. The van der Waals surface area contributed by atoms with Crippen LogP contribution in [0.4, 0.5) is 5.69 Å². The Hall–Kier alpha value is -3.66. The minimum atomic E-state index is -0.425. The number of anilines is 1. The van der Waals surface area contributed by atoms with Gasteiger partial charge in [-0.15, -0.1) is 0 Å². The molecule has 4 aromatic rings. The quantitative estimate of drug-likeness (QED) is 0.489. The van der Waals surface area contributed by atoms with Crippen molar-refractivity contribution in [2.45, 2.75) is 26.2 Å². The van der Waals surface area contributed by atoms with Gasteiger partial charge in [0.1, 0.15) is 0 Å². The van der Waals surface area contributed by atoms with Gasteiger partial charge in [0.05, 0.1) is 11.4 Å². The molecule has 150 valence electrons. The van der Waals surface area contributed by atoms with Gasteiger partial charge < -0.3 is 10.3 Å². The first kappa shape index (κ1) is 19.6. The maximum atomic E-state index is 13.3. The molecular formula is C26H24N2O2. The van der Waals surface area contributed by atoms with E-state index >= 15 is 0 Å². The lowest BCUT2D eigenvalue weighted by Crippen LogP contribution is -2.22. The van der Waals surface area contributed by atoms with Gasteiger partial charge >= 0.3 is 0 Å². The fourth-order valence-corrected chi connectivity index (χ4v) is 4.01. The van der Waals surface area contributed by atoms with Crippen LogP contribution in [0.15, 0.2) is 83.7 Å². The summed E-state index contributed by atoms with van der Waals surface area (Å²) in [5.74, 6) is -0.539. The van der Waals surface area contributed by atoms with Gasteiger partial charge in [0.15, 0.2) is 0 Å². The van der Waals surface area contributed by atoms with Gasteiger partial charge in [-0.1, -0.05) is 73.7 Å². The number of fused-ring (bicyclic) bond motifs is 1. The maximum absolute atomic E-state index is 13.3. The number of hydrogen-bond acceptors (Lipinski definition) is 2. The number of carbonyl (C=O) groups is 1. The molecule has 0 radical (unpaired) electrons. The molecule has 0 unspecified atom stereocenters. The van der Waals surface area contributed by atoms with Gasteiger partial charge in [-0.05, 0) is 42.2 Å². The van der Waals surface area contributed by atoms with Crippen LogP contribution in [0.1, 0.15) is 35.1 Å². The Kier molecular flexibility index (Phi) is 5.48. The fourth-order valence-electron chi connectivity index (χ4n) is 4.01. The van der Waals surface area contributed by atoms with Gasteiger partial charge in [-0.25, -0.2) is 0 Å². The number of benzene rings is 3. The zero-order valence-corrected chi connectivity index (χ0v) is 17.1. The van der Waals surface area contributed by atoms with Gasteiger partial charge in [0, 0.05) is 16.6 Å². The molecule has 4 rings (SSSR count). The van der Waals surface area contributed by atoms with Crippen molar-refractivity contribution < 1.29 is 4.79 Å². The Morgan fingerprint density at radius 2 is 1.53 bits per heavy atom. The SMILES string of the molecule is CCc1c(C)c2ccc(NC(=O)C(c3ccccc3)c3ccccc3)cc2[nH]c1=O. The van der Waals surface area contributed by atoms with E-state index < -0.39 is 5.92 Å². The molecule has 0 fully saturated rings. The number of H-pyrrole nitrogens is 1. The van der Waals surface area contributed by atoms with E-state index in [9.17, 15) is 9.59 Å². The number of nitrogens with one attached hydrogen (secondary N) is 2. The largest absolute Gasteiger partial charge is 0.325 e. The molecule has 1 aromatic heterocycles. The molecule has 0 bridgehead atoms. The van der Waals surface area contributed by atoms with Crippen molar-refractivity contribution >= 4 is 22.5 Å². The summed E-state index contributed by atoms with van der Waals surface area (Å²) in [7, 11) is 0. The molecular weight excluding hydrogens is 372 g/mol. The van der Waals surface area contributed by atoms with Crippen molar-refractivity contribution in [2.75, 3.05) is 5.32 Å². The summed E-state index contributed by atoms with van der Waals surface area (Å²) in [4.78, 5) is 28.6. The highest BCUT2D eigenvalue weighted by Gasteiger charge is 2.22. The van der Waals surface area contributed by atoms with E-state index in [0.717, 1.165) is 33.2 Å². The van der Waals surface area contributed by atoms with Crippen molar-refractivity contribution in [3.63, 3.8) is 0 Å². The van der Waals surface area contributed by atoms with Crippen LogP contribution in [0.25, 0.3) is 10.9 Å². The maximum Gasteiger partial charge on any atom is 0.251 e. The number of hydrogen-bond donors (Lipinski definition) is 2. The Morgan fingerprint density at radius 3 is 2.10 bits per heavy atom. The van der Waals surface area contributed by atoms with Crippen LogP contribution < -0.4 is 10.9 Å². The number of amides is 1. The van der Waals surface area contributed by atoms with Crippen LogP contribution in [0.2, 0.25) is 0 Å². The normalized spacial score (nSPS) is 11.0. The molecule has 1 amide bonds. The van der Waals surface area contributed by atoms with E-state index in [1.165, 1.54) is 0 Å². The standard InChI is InChI=1S/C26H24N2O2/c1-3-21-17(2)22-15-14-20(16-23(22)28-25(21)29)27-26(30)24(18-10-6-4-7-11-18)19-12-8-5-9-13-19/h4-16,24H,3H2,1-2H3,(H,27,30)(H,28,29). The lowest BCUT2D eigenvalue weighted by atomic mass is 9.90. The molecule has 0 spiro atoms. The summed E-state index contributed by atoms with van der Waals surface area (Å²) in [6.45, 7) is 3.95. The van der Waals surface area contributed by atoms with E-state index in [1.807, 2.05) is 92.7 Å². The zero-order valence-electron chi connectivity index (χ0n) is 17.1. The topological polar surface area (TPSA) is 62.0 Å². The molecule has 0 aliphatic heterocycles. The first-order valence-electron chi connectivity index (χ1n) is 10.1. The van der Waals surface area contributed by atoms with Crippen LogP contribution in [0.5, 0.6) is 0 Å². The Balaban J connectivity index is 1.70. The molecule has 1 heterocycles. The monoisotopic (exact) mass is 396 g/mol. The summed E-state index contributed by atoms with van der Waals surface area (Å²) in [6.07, 6.45) is 0.686. The van der Waals surface area contributed by atoms with Crippen molar-refractivity contribution in [2.24, 2.45) is 0 Å². The summed E-state index contributed by atoms with van der Waals surface area (Å²) in [6, 6.07) is 25.2. The third kappa shape index (κ3) is 3.77. The number of carbonyl (C=O) groups excluding carboxylic acids is 1. The number of aryl methyl sites for hydroxylation is 1. The number of aromatic nitrogens is 1. The van der Waals surface area contributed by atoms with Gasteiger partial charge in [0.25, 0.3) is 5.56 Å². The Labute approximate surface area is 175 Å². The fraction of sp³-hybridized carbons (Fsp3) is 0.154. The highest BCUT2D eigenvalue weighted by molar-refractivity contribution is 5.99. The molecule has 30 heavy (non-hydrogen) atoms. The van der Waals surface area contributed by atoms with Gasteiger partial charge in [-0.3, -0.25) is 9.59 Å². The second kappa shape index (κ2) is 8.37. The van der Waals surface area contributed by atoms with Crippen LogP contribution in [-0.2, 0) is 11.2 Å². The van der Waals surface area contributed by atoms with E-state index in [4.69, 9.17) is 0 Å². The second-order valence-electron chi connectivity index (χ2n) is 7.42. The van der Waals surface area contributed by atoms with Crippen LogP contribution in [0.3, 0.4) is 0 Å². The number of aromatic amines is 1. The number of rotatable bonds is 5. The molecule has 0 atom stereocenters. The zero-order chi connectivity index (χ0) is 21.1. The average Bonchev–Trinajstić information content (AvgIpc) is 2.75. The van der Waals surface area contributed by atoms with E-state index in [-0.39, 0.29) is 11.5 Å². The van der Waals surface area contributed by atoms with E-state index in [2.05, 4.69) is 10.3 Å². The molecule has 0 aliphatic rings. The molecule has 3 aromatic carbocycles. The van der Waals surface area contributed by atoms with Crippen LogP contribution >= 0.6 is 0 Å². The highest BCUT2D eigenvalue weighted by Crippen LogP contribution is 2.27. The third-order valence-electron chi connectivity index (χ3n) is 5.55. The van der Waals surface area contributed by atoms with E-state index in [0.29, 0.717) is 12.1 Å². The molecule has 2 N–H and O–H groups in total. The van der Waals surface area contributed by atoms with Crippen molar-refractivity contribution in [1.82, 2.24) is 4.98 Å². The van der Waals surface area contributed by atoms with Crippen LogP contribution in [0, 0.1) is 6.92 Å². The summed E-state index contributed by atoms with van der Waals surface area (Å²) in [5.41, 5.74) is 4.95. The summed E-state index contributed by atoms with van der Waals surface area (Å²) in [5, 5.41) is 4.03. The second-order valence-corrected chi connectivity index (χ2v) is 7.42. The molecule has 0 saturated heterocycles. The third-order valence-corrected chi connectivity index (χ3v) is 5.55. The first-order valence-corrected chi connectivity index (χ1v) is 10.1. The predicted octanol–water partition coefficient (Wildman–Crippen LogP) is 5.17. The van der Waals surface area contributed by atoms with Gasteiger partial charge in [0.2, 0.25) is 5.91 Å². The first-order chi connectivity index (χ1) is 14.6. The minimum Gasteiger partial charge on any atom is -0.325 e. The number of pyridine rings is 1. The van der Waals surface area contributed by atoms with Crippen molar-refractivity contribution in [3.05, 3.63) is 111 Å². The molecule has 4 heteroatoms. The van der Waals surface area contributed by atoms with Gasteiger partial charge in [-0.2, -0.15) is 0 Å². The molecule has 0 saturated carbocycles. The minimum absolute atomic E-state index is 0.0718. The van der Waals surface area contributed by atoms with Crippen molar-refractivity contribution in [3.8, 4) is 0 Å².